The van der Waals surface area contributed by atoms with Gasteiger partial charge in [-0.2, -0.15) is 0 Å². The molecule has 0 spiro atoms. The van der Waals surface area contributed by atoms with Crippen LogP contribution in [0, 0.1) is 0 Å². The van der Waals surface area contributed by atoms with Gasteiger partial charge in [0, 0.05) is 17.6 Å². The number of para-hydroxylation sites is 1. The van der Waals surface area contributed by atoms with Gasteiger partial charge in [0.1, 0.15) is 12.4 Å². The fourth-order valence-electron chi connectivity index (χ4n) is 1.89. The average molecular weight is 306 g/mol. The average Bonchev–Trinajstić information content (AvgIpc) is 2.44. The van der Waals surface area contributed by atoms with Crippen molar-refractivity contribution in [3.8, 4) is 5.75 Å². The van der Waals surface area contributed by atoms with Gasteiger partial charge in [-0.15, -0.1) is 12.4 Å². The van der Waals surface area contributed by atoms with Crippen molar-refractivity contribution >= 4 is 12.4 Å². The van der Waals surface area contributed by atoms with Gasteiger partial charge in [0.05, 0.1) is 0 Å². The van der Waals surface area contributed by atoms with E-state index in [0.717, 1.165) is 12.3 Å². The van der Waals surface area contributed by atoms with E-state index in [1.807, 2.05) is 30.3 Å². The highest BCUT2D eigenvalue weighted by molar-refractivity contribution is 5.85. The molecule has 1 N–H and O–H groups in total. The van der Waals surface area contributed by atoms with Crippen molar-refractivity contribution in [2.45, 2.75) is 39.5 Å². The Labute approximate surface area is 133 Å². The highest BCUT2D eigenvalue weighted by Gasteiger charge is 2.10. The van der Waals surface area contributed by atoms with Crippen LogP contribution in [0.15, 0.2) is 54.6 Å². The molecule has 0 aliphatic rings. The molecule has 2 nitrogen and oxygen atoms in total. The maximum atomic E-state index is 5.95. The molecule has 0 aromatic heterocycles. The first-order chi connectivity index (χ1) is 9.54. The van der Waals surface area contributed by atoms with E-state index >= 15 is 0 Å². The Kier molecular flexibility index (Phi) is 6.73. The van der Waals surface area contributed by atoms with Crippen LogP contribution in [0.4, 0.5) is 0 Å². The highest BCUT2D eigenvalue weighted by atomic mass is 35.5. The minimum Gasteiger partial charge on any atom is -0.489 e. The molecule has 0 saturated carbocycles. The van der Waals surface area contributed by atoms with E-state index in [1.165, 1.54) is 11.1 Å². The lowest BCUT2D eigenvalue weighted by molar-refractivity contribution is 0.300. The van der Waals surface area contributed by atoms with E-state index in [2.05, 4.69) is 50.4 Å². The number of hydrogen-bond donors (Lipinski definition) is 1. The second kappa shape index (κ2) is 8.06. The Hall–Kier alpha value is -1.51. The standard InChI is InChI=1S/C18H23NO.ClH/c1-18(2,3)19-13-16-11-7-8-12-17(16)20-14-15-9-5-4-6-10-15;/h4-12,19H,13-14H2,1-3H3;1H. The first-order valence-electron chi connectivity index (χ1n) is 7.04. The summed E-state index contributed by atoms with van der Waals surface area (Å²) in [5.74, 6) is 0.952. The Morgan fingerprint density at radius 3 is 2.19 bits per heavy atom. The Morgan fingerprint density at radius 1 is 0.905 bits per heavy atom. The van der Waals surface area contributed by atoms with Crippen molar-refractivity contribution < 1.29 is 4.74 Å². The fraction of sp³-hybridized carbons (Fsp3) is 0.333. The quantitative estimate of drug-likeness (QED) is 0.873. The second-order valence-electron chi connectivity index (χ2n) is 5.99. The SMILES string of the molecule is CC(C)(C)NCc1ccccc1OCc1ccccc1.Cl. The molecule has 2 rings (SSSR count). The first-order valence-corrected chi connectivity index (χ1v) is 7.04. The van der Waals surface area contributed by atoms with Gasteiger partial charge in [-0.1, -0.05) is 48.5 Å². The molecule has 0 fully saturated rings. The zero-order valence-electron chi connectivity index (χ0n) is 12.9. The lowest BCUT2D eigenvalue weighted by Crippen LogP contribution is -2.35. The van der Waals surface area contributed by atoms with Gasteiger partial charge in [0.25, 0.3) is 0 Å². The molecule has 0 amide bonds. The molecule has 3 heteroatoms. The summed E-state index contributed by atoms with van der Waals surface area (Å²) >= 11 is 0. The van der Waals surface area contributed by atoms with E-state index in [9.17, 15) is 0 Å². The zero-order valence-corrected chi connectivity index (χ0v) is 13.7. The van der Waals surface area contributed by atoms with Crippen molar-refractivity contribution in [3.05, 3.63) is 65.7 Å². The molecule has 0 aliphatic carbocycles. The summed E-state index contributed by atoms with van der Waals surface area (Å²) < 4.78 is 5.95. The molecule has 2 aromatic rings. The third kappa shape index (κ3) is 6.19. The van der Waals surface area contributed by atoms with Gasteiger partial charge in [0.15, 0.2) is 0 Å². The van der Waals surface area contributed by atoms with Crippen molar-refractivity contribution in [3.63, 3.8) is 0 Å². The van der Waals surface area contributed by atoms with Crippen LogP contribution in [0.3, 0.4) is 0 Å². The molecule has 2 aromatic carbocycles. The summed E-state index contributed by atoms with van der Waals surface area (Å²) in [5, 5.41) is 3.50. The third-order valence-electron chi connectivity index (χ3n) is 3.02. The molecule has 21 heavy (non-hydrogen) atoms. The number of nitrogens with one attached hydrogen (secondary N) is 1. The maximum Gasteiger partial charge on any atom is 0.124 e. The van der Waals surface area contributed by atoms with Crippen molar-refractivity contribution in [1.82, 2.24) is 5.32 Å². The number of hydrogen-bond acceptors (Lipinski definition) is 2. The van der Waals surface area contributed by atoms with Crippen LogP contribution < -0.4 is 10.1 Å². The maximum absolute atomic E-state index is 5.95. The number of ether oxygens (including phenoxy) is 1. The van der Waals surface area contributed by atoms with Crippen LogP contribution >= 0.6 is 12.4 Å². The fourth-order valence-corrected chi connectivity index (χ4v) is 1.89. The lowest BCUT2D eigenvalue weighted by Gasteiger charge is -2.21. The summed E-state index contributed by atoms with van der Waals surface area (Å²) in [6, 6.07) is 18.5. The van der Waals surface area contributed by atoms with Crippen molar-refractivity contribution in [2.24, 2.45) is 0 Å². The molecule has 0 radical (unpaired) electrons. The van der Waals surface area contributed by atoms with Crippen LogP contribution in [-0.4, -0.2) is 5.54 Å². The number of halogens is 1. The summed E-state index contributed by atoms with van der Waals surface area (Å²) in [7, 11) is 0. The van der Waals surface area contributed by atoms with Crippen LogP contribution in [-0.2, 0) is 13.2 Å². The molecular weight excluding hydrogens is 282 g/mol. The monoisotopic (exact) mass is 305 g/mol. The van der Waals surface area contributed by atoms with Gasteiger partial charge < -0.3 is 10.1 Å². The van der Waals surface area contributed by atoms with E-state index in [1.54, 1.807) is 0 Å². The van der Waals surface area contributed by atoms with Crippen LogP contribution in [0.1, 0.15) is 31.9 Å². The second-order valence-corrected chi connectivity index (χ2v) is 5.99. The van der Waals surface area contributed by atoms with Gasteiger partial charge in [-0.25, -0.2) is 0 Å². The van der Waals surface area contributed by atoms with Crippen molar-refractivity contribution in [2.75, 3.05) is 0 Å². The van der Waals surface area contributed by atoms with E-state index in [-0.39, 0.29) is 17.9 Å². The number of benzene rings is 2. The summed E-state index contributed by atoms with van der Waals surface area (Å²) in [5.41, 5.74) is 2.48. The van der Waals surface area contributed by atoms with Crippen LogP contribution in [0.2, 0.25) is 0 Å². The predicted octanol–water partition coefficient (Wildman–Crippen LogP) is 4.58. The largest absolute Gasteiger partial charge is 0.489 e. The molecule has 0 heterocycles. The molecule has 0 bridgehead atoms. The Morgan fingerprint density at radius 2 is 1.52 bits per heavy atom. The smallest absolute Gasteiger partial charge is 0.124 e. The highest BCUT2D eigenvalue weighted by Crippen LogP contribution is 2.20. The molecule has 114 valence electrons. The summed E-state index contributed by atoms with van der Waals surface area (Å²) in [6.45, 7) is 7.92. The van der Waals surface area contributed by atoms with Gasteiger partial charge >= 0.3 is 0 Å². The van der Waals surface area contributed by atoms with Gasteiger partial charge in [-0.05, 0) is 32.4 Å². The normalized spacial score (nSPS) is 10.8. The van der Waals surface area contributed by atoms with Crippen LogP contribution in [0.5, 0.6) is 5.75 Å². The van der Waals surface area contributed by atoms with Crippen molar-refractivity contribution in [1.29, 1.82) is 0 Å². The third-order valence-corrected chi connectivity index (χ3v) is 3.02. The lowest BCUT2D eigenvalue weighted by atomic mass is 10.1. The summed E-state index contributed by atoms with van der Waals surface area (Å²) in [4.78, 5) is 0. The van der Waals surface area contributed by atoms with E-state index < -0.39 is 0 Å². The summed E-state index contributed by atoms with van der Waals surface area (Å²) in [6.07, 6.45) is 0. The first kappa shape index (κ1) is 17.5. The molecular formula is C18H24ClNO. The van der Waals surface area contributed by atoms with Gasteiger partial charge in [0.2, 0.25) is 0 Å². The van der Waals surface area contributed by atoms with Crippen LogP contribution in [0.25, 0.3) is 0 Å². The van der Waals surface area contributed by atoms with E-state index in [4.69, 9.17) is 4.74 Å². The number of rotatable bonds is 5. The minimum absolute atomic E-state index is 0. The molecule has 0 unspecified atom stereocenters. The topological polar surface area (TPSA) is 21.3 Å². The van der Waals surface area contributed by atoms with E-state index in [0.29, 0.717) is 6.61 Å². The van der Waals surface area contributed by atoms with Gasteiger partial charge in [-0.3, -0.25) is 0 Å². The molecule has 0 atom stereocenters. The Bertz CT molecular complexity index is 534. The Balaban J connectivity index is 0.00000220. The molecule has 0 saturated heterocycles. The predicted molar refractivity (Wildman–Crippen MR) is 91.1 cm³/mol. The zero-order chi connectivity index (χ0) is 14.4. The minimum atomic E-state index is 0. The molecule has 0 aliphatic heterocycles.